The van der Waals surface area contributed by atoms with Crippen LogP contribution in [0.5, 0.6) is 0 Å². The zero-order valence-electron chi connectivity index (χ0n) is 25.6. The van der Waals surface area contributed by atoms with Crippen LogP contribution < -0.4 is 10.6 Å². The molecule has 2 unspecified atom stereocenters. The number of unbranched alkanes of at least 4 members (excludes halogenated alkanes) is 1. The van der Waals surface area contributed by atoms with E-state index >= 15 is 0 Å². The summed E-state index contributed by atoms with van der Waals surface area (Å²) in [4.78, 5) is 29.4. The lowest BCUT2D eigenvalue weighted by Crippen LogP contribution is -2.41. The number of hydrogen-bond acceptors (Lipinski definition) is 9. The van der Waals surface area contributed by atoms with Crippen LogP contribution in [0.15, 0.2) is 30.7 Å². The number of rotatable bonds is 14. The number of fused-ring (bicyclic) bond motifs is 2. The third-order valence-corrected chi connectivity index (χ3v) is 7.42. The first-order valence-corrected chi connectivity index (χ1v) is 14.9. The molecule has 41 heavy (non-hydrogen) atoms. The number of hydrogen-bond donors (Lipinski definition) is 2. The summed E-state index contributed by atoms with van der Waals surface area (Å²) in [5.41, 5.74) is 2.68. The molecule has 2 atom stereocenters. The Morgan fingerprint density at radius 2 is 2.02 bits per heavy atom. The minimum atomic E-state index is -0.588. The average molecular weight is 566 g/mol. The number of carbonyl (C=O) groups is 1. The first-order chi connectivity index (χ1) is 19.6. The van der Waals surface area contributed by atoms with E-state index in [2.05, 4.69) is 44.6 Å². The molecule has 0 aromatic carbocycles. The highest BCUT2D eigenvalue weighted by molar-refractivity contribution is 5.89. The largest absolute Gasteiger partial charge is 0.458 e. The molecule has 4 heterocycles. The number of carbonyl (C=O) groups excluding carboxylic acids is 1. The molecule has 10 heteroatoms. The Hall–Kier alpha value is -3.24. The number of nitrogens with zero attached hydrogens (tertiary/aromatic N) is 5. The number of pyridine rings is 1. The van der Waals surface area contributed by atoms with Gasteiger partial charge in [-0.1, -0.05) is 6.07 Å². The number of aromatic nitrogens is 4. The second kappa shape index (κ2) is 14.1. The molecule has 4 rings (SSSR count). The van der Waals surface area contributed by atoms with Gasteiger partial charge in [0.2, 0.25) is 0 Å². The minimum absolute atomic E-state index is 0.0853. The van der Waals surface area contributed by atoms with Gasteiger partial charge in [-0.3, -0.25) is 0 Å². The average Bonchev–Trinajstić information content (AvgIpc) is 3.33. The highest BCUT2D eigenvalue weighted by atomic mass is 16.6. The van der Waals surface area contributed by atoms with E-state index in [9.17, 15) is 4.79 Å². The fraction of sp³-hybridized carbons (Fsp3) is 0.613. The Kier molecular flexibility index (Phi) is 10.6. The highest BCUT2D eigenvalue weighted by Gasteiger charge is 2.27. The number of anilines is 2. The molecule has 0 fully saturated rings. The molecular weight excluding hydrogens is 518 g/mol. The second-order valence-electron chi connectivity index (χ2n) is 12.0. The summed E-state index contributed by atoms with van der Waals surface area (Å²) < 4.78 is 13.3. The smallest absolute Gasteiger partial charge is 0.329 e. The standard InChI is InChI=1S/C31H47N7O3/c1-22(40-6)20-38(17-8-7-11-24-13-12-23-10-9-16-32-27(23)35-24)19-15-26(30(39)41-31(2,3)4)36-28-25-14-18-37(5)29(25)34-21-33-28/h12-14,18,21-22,26H,7-11,15-17,19-20H2,1-6H3,(H,32,35)(H,33,34,36). The summed E-state index contributed by atoms with van der Waals surface area (Å²) in [7, 11) is 3.68. The van der Waals surface area contributed by atoms with Crippen molar-refractivity contribution in [3.8, 4) is 0 Å². The number of methoxy groups -OCH3 is 1. The van der Waals surface area contributed by atoms with Gasteiger partial charge in [-0.15, -0.1) is 0 Å². The van der Waals surface area contributed by atoms with Gasteiger partial charge in [-0.2, -0.15) is 0 Å². The zero-order valence-corrected chi connectivity index (χ0v) is 25.6. The summed E-state index contributed by atoms with van der Waals surface area (Å²) >= 11 is 0. The van der Waals surface area contributed by atoms with Crippen LogP contribution in [0, 0.1) is 0 Å². The van der Waals surface area contributed by atoms with Crippen molar-refractivity contribution in [2.45, 2.75) is 84.0 Å². The molecule has 1 aliphatic rings. The van der Waals surface area contributed by atoms with E-state index in [0.29, 0.717) is 18.8 Å². The van der Waals surface area contributed by atoms with Gasteiger partial charge in [-0.25, -0.2) is 19.7 Å². The second-order valence-corrected chi connectivity index (χ2v) is 12.0. The van der Waals surface area contributed by atoms with Crippen molar-refractivity contribution in [1.82, 2.24) is 24.4 Å². The van der Waals surface area contributed by atoms with Gasteiger partial charge in [0.05, 0.1) is 11.5 Å². The van der Waals surface area contributed by atoms with Gasteiger partial charge in [-0.05, 0) is 90.5 Å². The normalized spacial score (nSPS) is 14.9. The molecule has 3 aromatic rings. The minimum Gasteiger partial charge on any atom is -0.458 e. The lowest BCUT2D eigenvalue weighted by atomic mass is 10.1. The fourth-order valence-electron chi connectivity index (χ4n) is 5.17. The van der Waals surface area contributed by atoms with Crippen LogP contribution in [-0.2, 0) is 34.2 Å². The maximum Gasteiger partial charge on any atom is 0.329 e. The Morgan fingerprint density at radius 1 is 1.20 bits per heavy atom. The monoisotopic (exact) mass is 565 g/mol. The van der Waals surface area contributed by atoms with Gasteiger partial charge in [0, 0.05) is 45.7 Å². The van der Waals surface area contributed by atoms with Crippen LogP contribution in [0.2, 0.25) is 0 Å². The topological polar surface area (TPSA) is 106 Å². The molecule has 0 amide bonds. The van der Waals surface area contributed by atoms with E-state index in [1.165, 1.54) is 18.3 Å². The summed E-state index contributed by atoms with van der Waals surface area (Å²) in [6.45, 7) is 11.2. The van der Waals surface area contributed by atoms with E-state index in [4.69, 9.17) is 14.5 Å². The molecule has 0 saturated carbocycles. The lowest BCUT2D eigenvalue weighted by molar-refractivity contribution is -0.156. The van der Waals surface area contributed by atoms with Gasteiger partial charge in [0.15, 0.2) is 0 Å². The van der Waals surface area contributed by atoms with Crippen LogP contribution in [0.25, 0.3) is 11.0 Å². The van der Waals surface area contributed by atoms with Crippen molar-refractivity contribution in [3.05, 3.63) is 42.0 Å². The van der Waals surface area contributed by atoms with E-state index in [1.807, 2.05) is 44.6 Å². The van der Waals surface area contributed by atoms with E-state index in [-0.39, 0.29) is 12.1 Å². The summed E-state index contributed by atoms with van der Waals surface area (Å²) in [6.07, 6.45) is 9.43. The van der Waals surface area contributed by atoms with E-state index < -0.39 is 11.6 Å². The number of nitrogens with one attached hydrogen (secondary N) is 2. The summed E-state index contributed by atoms with van der Waals surface area (Å²) in [5, 5.41) is 7.69. The third-order valence-electron chi connectivity index (χ3n) is 7.42. The van der Waals surface area contributed by atoms with Gasteiger partial charge < -0.3 is 29.6 Å². The first kappa shape index (κ1) is 30.7. The van der Waals surface area contributed by atoms with Crippen LogP contribution in [-0.4, -0.2) is 81.4 Å². The maximum atomic E-state index is 13.3. The molecule has 0 bridgehead atoms. The zero-order chi connectivity index (χ0) is 29.4. The summed E-state index contributed by atoms with van der Waals surface area (Å²) in [6, 6.07) is 5.80. The van der Waals surface area contributed by atoms with Crippen molar-refractivity contribution in [1.29, 1.82) is 0 Å². The number of esters is 1. The molecule has 0 aliphatic carbocycles. The van der Waals surface area contributed by atoms with E-state index in [1.54, 1.807) is 7.11 Å². The predicted octanol–water partition coefficient (Wildman–Crippen LogP) is 4.59. The van der Waals surface area contributed by atoms with Gasteiger partial charge in [0.25, 0.3) is 0 Å². The van der Waals surface area contributed by atoms with Crippen LogP contribution in [0.3, 0.4) is 0 Å². The molecule has 0 radical (unpaired) electrons. The molecule has 0 spiro atoms. The fourth-order valence-corrected chi connectivity index (χ4v) is 5.17. The molecule has 10 nitrogen and oxygen atoms in total. The molecular formula is C31H47N7O3. The van der Waals surface area contributed by atoms with Crippen LogP contribution >= 0.6 is 0 Å². The van der Waals surface area contributed by atoms with E-state index in [0.717, 1.165) is 67.9 Å². The Balaban J connectivity index is 1.39. The predicted molar refractivity (Wildman–Crippen MR) is 163 cm³/mol. The Bertz CT molecular complexity index is 1290. The van der Waals surface area contributed by atoms with Crippen LogP contribution in [0.4, 0.5) is 11.6 Å². The summed E-state index contributed by atoms with van der Waals surface area (Å²) in [5.74, 6) is 1.41. The van der Waals surface area contributed by atoms with Gasteiger partial charge >= 0.3 is 5.97 Å². The van der Waals surface area contributed by atoms with Crippen molar-refractivity contribution in [2.24, 2.45) is 7.05 Å². The molecule has 224 valence electrons. The molecule has 1 aliphatic heterocycles. The van der Waals surface area contributed by atoms with Crippen LogP contribution in [0.1, 0.15) is 64.6 Å². The Morgan fingerprint density at radius 3 is 2.80 bits per heavy atom. The SMILES string of the molecule is COC(C)CN(CCCCc1ccc2c(n1)NCCC2)CCC(Nc1ncnc2c1ccn2C)C(=O)OC(C)(C)C. The number of ether oxygens (including phenoxy) is 2. The molecule has 0 saturated heterocycles. The highest BCUT2D eigenvalue weighted by Crippen LogP contribution is 2.23. The van der Waals surface area contributed by atoms with Crippen molar-refractivity contribution < 1.29 is 14.3 Å². The first-order valence-electron chi connectivity index (χ1n) is 14.9. The lowest BCUT2D eigenvalue weighted by Gasteiger charge is -2.29. The molecule has 3 aromatic heterocycles. The van der Waals surface area contributed by atoms with Crippen molar-refractivity contribution in [2.75, 3.05) is 43.9 Å². The van der Waals surface area contributed by atoms with Gasteiger partial charge in [0.1, 0.15) is 35.3 Å². The Labute approximate surface area is 244 Å². The number of aryl methyl sites for hydroxylation is 3. The quantitative estimate of drug-likeness (QED) is 0.214. The van der Waals surface area contributed by atoms with Crippen molar-refractivity contribution in [3.63, 3.8) is 0 Å². The molecule has 2 N–H and O–H groups in total. The van der Waals surface area contributed by atoms with Crippen molar-refractivity contribution >= 4 is 28.6 Å². The maximum absolute atomic E-state index is 13.3. The third kappa shape index (κ3) is 8.87.